The van der Waals surface area contributed by atoms with Gasteiger partial charge in [-0.2, -0.15) is 0 Å². The van der Waals surface area contributed by atoms with Crippen molar-refractivity contribution in [2.45, 2.75) is 19.9 Å². The van der Waals surface area contributed by atoms with Crippen molar-refractivity contribution in [3.8, 4) is 11.1 Å². The molecular formula is C19H21Cl2N3O2. The van der Waals surface area contributed by atoms with Gasteiger partial charge in [0.05, 0.1) is 30.0 Å². The van der Waals surface area contributed by atoms with Gasteiger partial charge in [0.25, 0.3) is 0 Å². The van der Waals surface area contributed by atoms with Gasteiger partial charge in [-0.15, -0.1) is 12.4 Å². The lowest BCUT2D eigenvalue weighted by Crippen LogP contribution is -2.08. The molecule has 0 atom stereocenters. The van der Waals surface area contributed by atoms with E-state index in [0.29, 0.717) is 23.7 Å². The van der Waals surface area contributed by atoms with E-state index in [1.165, 1.54) is 7.11 Å². The highest BCUT2D eigenvalue weighted by atomic mass is 35.5. The molecule has 26 heavy (non-hydrogen) atoms. The zero-order chi connectivity index (χ0) is 18.0. The van der Waals surface area contributed by atoms with Crippen LogP contribution in [0.5, 0.6) is 0 Å². The number of esters is 1. The van der Waals surface area contributed by atoms with Gasteiger partial charge in [0.1, 0.15) is 0 Å². The first-order valence-electron chi connectivity index (χ1n) is 8.09. The van der Waals surface area contributed by atoms with E-state index >= 15 is 0 Å². The van der Waals surface area contributed by atoms with Crippen LogP contribution in [0.25, 0.3) is 22.2 Å². The number of carbonyl (C=O) groups excluding carboxylic acids is 1. The lowest BCUT2D eigenvalue weighted by atomic mass is 10.0. The minimum absolute atomic E-state index is 0. The summed E-state index contributed by atoms with van der Waals surface area (Å²) in [6.07, 6.45) is 2.53. The number of imidazole rings is 1. The van der Waals surface area contributed by atoms with Gasteiger partial charge < -0.3 is 15.0 Å². The summed E-state index contributed by atoms with van der Waals surface area (Å²) in [5.41, 5.74) is 10.3. The number of fused-ring (bicyclic) bond motifs is 1. The Morgan fingerprint density at radius 1 is 1.31 bits per heavy atom. The van der Waals surface area contributed by atoms with Gasteiger partial charge in [-0.3, -0.25) is 0 Å². The number of nitrogens with zero attached hydrogens (tertiary/aromatic N) is 2. The SMILES string of the molecule is COC(=O)c1cc(-c2ccc(C)cc2Cl)cc2ncn(CCCN)c12.Cl. The van der Waals surface area contributed by atoms with E-state index in [0.717, 1.165) is 34.1 Å². The van der Waals surface area contributed by atoms with Gasteiger partial charge in [0, 0.05) is 17.1 Å². The normalized spacial score (nSPS) is 10.6. The summed E-state index contributed by atoms with van der Waals surface area (Å²) in [7, 11) is 1.38. The topological polar surface area (TPSA) is 70.1 Å². The number of nitrogens with two attached hydrogens (primary N) is 1. The van der Waals surface area contributed by atoms with Crippen molar-refractivity contribution in [1.29, 1.82) is 0 Å². The molecule has 0 aliphatic heterocycles. The van der Waals surface area contributed by atoms with Crippen LogP contribution in [-0.2, 0) is 11.3 Å². The van der Waals surface area contributed by atoms with E-state index in [4.69, 9.17) is 22.1 Å². The third-order valence-electron chi connectivity index (χ3n) is 4.16. The van der Waals surface area contributed by atoms with Crippen molar-refractivity contribution in [3.05, 3.63) is 52.8 Å². The van der Waals surface area contributed by atoms with Crippen molar-refractivity contribution < 1.29 is 9.53 Å². The number of aromatic nitrogens is 2. The molecule has 2 aromatic carbocycles. The Morgan fingerprint density at radius 3 is 2.73 bits per heavy atom. The molecule has 0 amide bonds. The van der Waals surface area contributed by atoms with Crippen LogP contribution in [0.15, 0.2) is 36.7 Å². The lowest BCUT2D eigenvalue weighted by molar-refractivity contribution is 0.0602. The van der Waals surface area contributed by atoms with Gasteiger partial charge >= 0.3 is 5.97 Å². The molecule has 0 fully saturated rings. The molecule has 0 saturated heterocycles. The lowest BCUT2D eigenvalue weighted by Gasteiger charge is -2.11. The monoisotopic (exact) mass is 393 g/mol. The maximum absolute atomic E-state index is 12.4. The molecule has 0 radical (unpaired) electrons. The van der Waals surface area contributed by atoms with Gasteiger partial charge in [-0.25, -0.2) is 9.78 Å². The van der Waals surface area contributed by atoms with Crippen molar-refractivity contribution in [2.24, 2.45) is 5.73 Å². The zero-order valence-corrected chi connectivity index (χ0v) is 16.2. The number of halogens is 2. The summed E-state index contributed by atoms with van der Waals surface area (Å²) < 4.78 is 6.92. The van der Waals surface area contributed by atoms with Crippen LogP contribution in [0.4, 0.5) is 0 Å². The van der Waals surface area contributed by atoms with Crippen molar-refractivity contribution >= 4 is 41.0 Å². The molecule has 0 spiro atoms. The largest absolute Gasteiger partial charge is 0.465 e. The number of methoxy groups -OCH3 is 1. The fraction of sp³-hybridized carbons (Fsp3) is 0.263. The van der Waals surface area contributed by atoms with Crippen molar-refractivity contribution in [3.63, 3.8) is 0 Å². The second-order valence-corrected chi connectivity index (χ2v) is 6.35. The Hall–Kier alpha value is -2.08. The number of rotatable bonds is 5. The van der Waals surface area contributed by atoms with Crippen LogP contribution in [0.2, 0.25) is 5.02 Å². The number of hydrogen-bond acceptors (Lipinski definition) is 4. The molecule has 1 heterocycles. The van der Waals surface area contributed by atoms with Crippen LogP contribution in [0, 0.1) is 6.92 Å². The van der Waals surface area contributed by atoms with E-state index in [1.807, 2.05) is 41.8 Å². The van der Waals surface area contributed by atoms with Gasteiger partial charge in [-0.05, 0) is 49.2 Å². The predicted molar refractivity (Wildman–Crippen MR) is 107 cm³/mol. The number of hydrogen-bond donors (Lipinski definition) is 1. The molecule has 2 N–H and O–H groups in total. The Morgan fingerprint density at radius 2 is 2.08 bits per heavy atom. The van der Waals surface area contributed by atoms with Crippen molar-refractivity contribution in [2.75, 3.05) is 13.7 Å². The first-order chi connectivity index (χ1) is 12.0. The summed E-state index contributed by atoms with van der Waals surface area (Å²) in [6.45, 7) is 3.25. The molecule has 1 aromatic heterocycles. The fourth-order valence-electron chi connectivity index (χ4n) is 2.92. The maximum Gasteiger partial charge on any atom is 0.340 e. The van der Waals surface area contributed by atoms with Crippen LogP contribution >= 0.6 is 24.0 Å². The van der Waals surface area contributed by atoms with E-state index in [2.05, 4.69) is 4.98 Å². The standard InChI is InChI=1S/C19H20ClN3O2.ClH/c1-12-4-5-14(16(20)8-12)13-9-15(19(24)25-2)18-17(10-13)22-11-23(18)7-3-6-21;/h4-5,8-11H,3,6-7,21H2,1-2H3;1H. The quantitative estimate of drug-likeness (QED) is 0.658. The third-order valence-corrected chi connectivity index (χ3v) is 4.47. The highest BCUT2D eigenvalue weighted by Crippen LogP contribution is 2.33. The molecule has 0 saturated carbocycles. The molecule has 0 aliphatic carbocycles. The van der Waals surface area contributed by atoms with Crippen LogP contribution in [-0.4, -0.2) is 29.2 Å². The summed E-state index contributed by atoms with van der Waals surface area (Å²) in [5.74, 6) is -0.399. The molecule has 0 unspecified atom stereocenters. The molecule has 0 aliphatic rings. The minimum Gasteiger partial charge on any atom is -0.465 e. The second-order valence-electron chi connectivity index (χ2n) is 5.95. The minimum atomic E-state index is -0.399. The third kappa shape index (κ3) is 3.85. The Balaban J connectivity index is 0.00000243. The summed E-state index contributed by atoms with van der Waals surface area (Å²) in [6, 6.07) is 9.59. The van der Waals surface area contributed by atoms with Gasteiger partial charge in [-0.1, -0.05) is 23.7 Å². The van der Waals surface area contributed by atoms with E-state index in [-0.39, 0.29) is 12.4 Å². The average Bonchev–Trinajstić information content (AvgIpc) is 3.01. The predicted octanol–water partition coefficient (Wildman–Crippen LogP) is 4.22. The fourth-order valence-corrected chi connectivity index (χ4v) is 3.26. The van der Waals surface area contributed by atoms with Crippen molar-refractivity contribution in [1.82, 2.24) is 9.55 Å². The number of carbonyl (C=O) groups is 1. The zero-order valence-electron chi connectivity index (χ0n) is 14.7. The highest BCUT2D eigenvalue weighted by Gasteiger charge is 2.18. The Labute approximate surface area is 163 Å². The van der Waals surface area contributed by atoms with Crippen LogP contribution in [0.1, 0.15) is 22.3 Å². The first-order valence-corrected chi connectivity index (χ1v) is 8.46. The summed E-state index contributed by atoms with van der Waals surface area (Å²) in [5, 5.41) is 0.637. The van der Waals surface area contributed by atoms with Crippen LogP contribution < -0.4 is 5.73 Å². The summed E-state index contributed by atoms with van der Waals surface area (Å²) in [4.78, 5) is 16.8. The second kappa shape index (κ2) is 8.54. The maximum atomic E-state index is 12.4. The highest BCUT2D eigenvalue weighted by molar-refractivity contribution is 6.33. The molecule has 0 bridgehead atoms. The number of aryl methyl sites for hydroxylation is 2. The number of ether oxygens (including phenoxy) is 1. The molecule has 3 rings (SSSR count). The summed E-state index contributed by atoms with van der Waals surface area (Å²) >= 11 is 6.40. The van der Waals surface area contributed by atoms with Gasteiger partial charge in [0.2, 0.25) is 0 Å². The van der Waals surface area contributed by atoms with E-state index < -0.39 is 5.97 Å². The Kier molecular flexibility index (Phi) is 6.64. The molecule has 7 heteroatoms. The number of benzene rings is 2. The molecular weight excluding hydrogens is 373 g/mol. The van der Waals surface area contributed by atoms with E-state index in [9.17, 15) is 4.79 Å². The smallest absolute Gasteiger partial charge is 0.340 e. The molecule has 5 nitrogen and oxygen atoms in total. The Bertz CT molecular complexity index is 938. The van der Waals surface area contributed by atoms with Gasteiger partial charge in [0.15, 0.2) is 0 Å². The molecule has 138 valence electrons. The molecule has 3 aromatic rings. The average molecular weight is 394 g/mol. The first kappa shape index (κ1) is 20.2. The van der Waals surface area contributed by atoms with E-state index in [1.54, 1.807) is 6.33 Å². The van der Waals surface area contributed by atoms with Crippen LogP contribution in [0.3, 0.4) is 0 Å².